The molecular formula is C21H31N7O2. The van der Waals surface area contributed by atoms with Crippen molar-refractivity contribution in [2.24, 2.45) is 0 Å². The predicted octanol–water partition coefficient (Wildman–Crippen LogP) is 2.27. The lowest BCUT2D eigenvalue weighted by Crippen LogP contribution is -2.50. The normalized spacial score (nSPS) is 22.2. The highest BCUT2D eigenvalue weighted by molar-refractivity contribution is 5.94. The van der Waals surface area contributed by atoms with Gasteiger partial charge in [-0.3, -0.25) is 9.69 Å². The predicted molar refractivity (Wildman–Crippen MR) is 111 cm³/mol. The highest BCUT2D eigenvalue weighted by Crippen LogP contribution is 2.40. The van der Waals surface area contributed by atoms with Gasteiger partial charge in [0.2, 0.25) is 5.88 Å². The number of ether oxygens (including phenoxy) is 1. The Labute approximate surface area is 177 Å². The Bertz CT molecular complexity index is 858. The number of hydrogen-bond donors (Lipinski definition) is 0. The van der Waals surface area contributed by atoms with Gasteiger partial charge in [-0.1, -0.05) is 26.7 Å². The average Bonchev–Trinajstić information content (AvgIpc) is 3.54. The molecule has 0 bridgehead atoms. The minimum Gasteiger partial charge on any atom is -0.481 e. The van der Waals surface area contributed by atoms with E-state index in [-0.39, 0.29) is 11.4 Å². The van der Waals surface area contributed by atoms with Crippen LogP contribution in [-0.4, -0.2) is 74.2 Å². The third-order valence-electron chi connectivity index (χ3n) is 6.68. The molecule has 2 aromatic heterocycles. The number of rotatable bonds is 7. The number of hydrogen-bond acceptors (Lipinski definition) is 7. The lowest BCUT2D eigenvalue weighted by molar-refractivity contribution is 0.0660. The topological polar surface area (TPSA) is 89.3 Å². The molecule has 3 heterocycles. The van der Waals surface area contributed by atoms with Gasteiger partial charge in [-0.25, -0.2) is 9.67 Å². The third-order valence-corrected chi connectivity index (χ3v) is 6.68. The second kappa shape index (κ2) is 8.67. The van der Waals surface area contributed by atoms with Gasteiger partial charge in [-0.15, -0.1) is 5.10 Å². The first-order valence-corrected chi connectivity index (χ1v) is 11.0. The van der Waals surface area contributed by atoms with Crippen molar-refractivity contribution in [1.82, 2.24) is 35.0 Å². The number of pyridine rings is 1. The molecule has 2 fully saturated rings. The van der Waals surface area contributed by atoms with Crippen LogP contribution in [0.5, 0.6) is 5.88 Å². The van der Waals surface area contributed by atoms with Gasteiger partial charge in [0.15, 0.2) is 5.82 Å². The highest BCUT2D eigenvalue weighted by Gasteiger charge is 2.49. The van der Waals surface area contributed by atoms with E-state index in [1.54, 1.807) is 25.4 Å². The Morgan fingerprint density at radius 3 is 2.67 bits per heavy atom. The first-order valence-electron chi connectivity index (χ1n) is 11.0. The molecule has 1 aliphatic heterocycles. The van der Waals surface area contributed by atoms with Crippen LogP contribution in [0.15, 0.2) is 18.3 Å². The summed E-state index contributed by atoms with van der Waals surface area (Å²) >= 11 is 0. The van der Waals surface area contributed by atoms with E-state index in [9.17, 15) is 4.79 Å². The molecule has 0 spiro atoms. The average molecular weight is 414 g/mol. The molecule has 2 aliphatic rings. The molecule has 2 aromatic rings. The fourth-order valence-corrected chi connectivity index (χ4v) is 5.08. The first-order chi connectivity index (χ1) is 14.6. The van der Waals surface area contributed by atoms with Gasteiger partial charge in [0.05, 0.1) is 18.7 Å². The smallest absolute Gasteiger partial charge is 0.255 e. The number of carbonyl (C=O) groups excluding carboxylic acids is 1. The number of aromatic nitrogens is 5. The number of methoxy groups -OCH3 is 1. The minimum atomic E-state index is -0.370. The zero-order valence-corrected chi connectivity index (χ0v) is 18.1. The van der Waals surface area contributed by atoms with E-state index in [1.165, 1.54) is 12.8 Å². The maximum atomic E-state index is 13.2. The summed E-state index contributed by atoms with van der Waals surface area (Å²) in [6.07, 6.45) is 7.08. The minimum absolute atomic E-state index is 0.0147. The summed E-state index contributed by atoms with van der Waals surface area (Å²) in [5.74, 6) is 1.39. The van der Waals surface area contributed by atoms with Crippen LogP contribution in [0.3, 0.4) is 0 Å². The summed E-state index contributed by atoms with van der Waals surface area (Å²) in [4.78, 5) is 21.7. The molecular weight excluding hydrogens is 382 g/mol. The quantitative estimate of drug-likeness (QED) is 0.688. The van der Waals surface area contributed by atoms with Gasteiger partial charge in [0, 0.05) is 25.4 Å². The monoisotopic (exact) mass is 413 g/mol. The Morgan fingerprint density at radius 1 is 1.27 bits per heavy atom. The molecule has 1 saturated carbocycles. The van der Waals surface area contributed by atoms with E-state index in [1.807, 2.05) is 9.58 Å². The van der Waals surface area contributed by atoms with Gasteiger partial charge in [0.25, 0.3) is 5.91 Å². The summed E-state index contributed by atoms with van der Waals surface area (Å²) in [6, 6.07) is 3.86. The van der Waals surface area contributed by atoms with Crippen LogP contribution < -0.4 is 4.74 Å². The van der Waals surface area contributed by atoms with Crippen molar-refractivity contribution >= 4 is 5.91 Å². The Morgan fingerprint density at radius 2 is 2.03 bits per heavy atom. The fraction of sp³-hybridized carbons (Fsp3) is 0.667. The third kappa shape index (κ3) is 3.55. The van der Waals surface area contributed by atoms with Crippen LogP contribution in [0, 0.1) is 0 Å². The molecule has 0 radical (unpaired) electrons. The first kappa shape index (κ1) is 20.7. The molecule has 4 rings (SSSR count). The van der Waals surface area contributed by atoms with Gasteiger partial charge in [0.1, 0.15) is 5.54 Å². The summed E-state index contributed by atoms with van der Waals surface area (Å²) in [5, 5.41) is 13.0. The van der Waals surface area contributed by atoms with E-state index in [0.29, 0.717) is 30.6 Å². The molecule has 30 heavy (non-hydrogen) atoms. The second-order valence-electron chi connectivity index (χ2n) is 8.16. The summed E-state index contributed by atoms with van der Waals surface area (Å²) < 4.78 is 7.16. The van der Waals surface area contributed by atoms with E-state index < -0.39 is 0 Å². The van der Waals surface area contributed by atoms with E-state index in [0.717, 1.165) is 38.2 Å². The van der Waals surface area contributed by atoms with Crippen LogP contribution in [0.4, 0.5) is 0 Å². The van der Waals surface area contributed by atoms with Crippen LogP contribution in [0.1, 0.15) is 68.2 Å². The number of amides is 1. The van der Waals surface area contributed by atoms with Crippen molar-refractivity contribution < 1.29 is 9.53 Å². The Kier molecular flexibility index (Phi) is 5.99. The molecule has 9 heteroatoms. The standard InChI is InChI=1S/C21H31N7O2/c1-4-27(5-2)21(20-23-24-25-28(20)17-8-6-7-9-17)12-13-26(15-21)19(29)16-10-11-18(30-3)22-14-16/h10-11,14,17H,4-9,12-13,15H2,1-3H3. The SMILES string of the molecule is CCN(CC)C1(c2nnnn2C2CCCC2)CCN(C(=O)c2ccc(OC)nc2)C1. The van der Waals surface area contributed by atoms with Crippen molar-refractivity contribution in [1.29, 1.82) is 0 Å². The fourth-order valence-electron chi connectivity index (χ4n) is 5.08. The van der Waals surface area contributed by atoms with Gasteiger partial charge in [-0.2, -0.15) is 0 Å². The summed E-state index contributed by atoms with van der Waals surface area (Å²) in [6.45, 7) is 7.31. The molecule has 1 saturated heterocycles. The lowest BCUT2D eigenvalue weighted by atomic mass is 9.94. The molecule has 1 aliphatic carbocycles. The van der Waals surface area contributed by atoms with Crippen molar-refractivity contribution in [2.75, 3.05) is 33.3 Å². The number of nitrogens with zero attached hydrogens (tertiary/aromatic N) is 7. The summed E-state index contributed by atoms with van der Waals surface area (Å²) in [5.41, 5.74) is 0.201. The molecule has 0 aromatic carbocycles. The van der Waals surface area contributed by atoms with Gasteiger partial charge in [-0.05, 0) is 48.8 Å². The zero-order chi connectivity index (χ0) is 21.1. The van der Waals surface area contributed by atoms with E-state index >= 15 is 0 Å². The lowest BCUT2D eigenvalue weighted by Gasteiger charge is -2.39. The van der Waals surface area contributed by atoms with E-state index in [4.69, 9.17) is 4.74 Å². The van der Waals surface area contributed by atoms with Crippen LogP contribution in [0.2, 0.25) is 0 Å². The molecule has 9 nitrogen and oxygen atoms in total. The highest BCUT2D eigenvalue weighted by atomic mass is 16.5. The number of likely N-dealkylation sites (tertiary alicyclic amines) is 1. The van der Waals surface area contributed by atoms with Crippen LogP contribution >= 0.6 is 0 Å². The number of carbonyl (C=O) groups is 1. The van der Waals surface area contributed by atoms with Crippen molar-refractivity contribution in [3.8, 4) is 5.88 Å². The summed E-state index contributed by atoms with van der Waals surface area (Å²) in [7, 11) is 1.57. The van der Waals surface area contributed by atoms with Gasteiger partial charge < -0.3 is 9.64 Å². The van der Waals surface area contributed by atoms with Crippen molar-refractivity contribution in [2.45, 2.75) is 57.5 Å². The number of tetrazole rings is 1. The number of likely N-dealkylation sites (N-methyl/N-ethyl adjacent to an activating group) is 1. The Balaban J connectivity index is 1.64. The zero-order valence-electron chi connectivity index (χ0n) is 18.1. The molecule has 1 amide bonds. The molecule has 162 valence electrons. The Hall–Kier alpha value is -2.55. The maximum absolute atomic E-state index is 13.2. The van der Waals surface area contributed by atoms with Crippen molar-refractivity contribution in [3.05, 3.63) is 29.7 Å². The van der Waals surface area contributed by atoms with Crippen molar-refractivity contribution in [3.63, 3.8) is 0 Å². The van der Waals surface area contributed by atoms with Gasteiger partial charge >= 0.3 is 0 Å². The van der Waals surface area contributed by atoms with E-state index in [2.05, 4.69) is 39.3 Å². The van der Waals surface area contributed by atoms with Crippen LogP contribution in [0.25, 0.3) is 0 Å². The second-order valence-corrected chi connectivity index (χ2v) is 8.16. The van der Waals surface area contributed by atoms with Crippen LogP contribution in [-0.2, 0) is 5.54 Å². The largest absolute Gasteiger partial charge is 0.481 e. The molecule has 1 atom stereocenters. The molecule has 1 unspecified atom stereocenters. The molecule has 0 N–H and O–H groups in total. The maximum Gasteiger partial charge on any atom is 0.255 e.